The number of pyridine rings is 1. The molecule has 0 aliphatic carbocycles. The van der Waals surface area contributed by atoms with Gasteiger partial charge in [0.25, 0.3) is 0 Å². The summed E-state index contributed by atoms with van der Waals surface area (Å²) in [5.74, 6) is 1.32. The summed E-state index contributed by atoms with van der Waals surface area (Å²) in [4.78, 5) is 11.2. The number of halogens is 1. The van der Waals surface area contributed by atoms with E-state index in [1.54, 1.807) is 7.11 Å². The molecule has 1 fully saturated rings. The Hall–Kier alpha value is -1.13. The first kappa shape index (κ1) is 21.9. The summed E-state index contributed by atoms with van der Waals surface area (Å²) in [6.07, 6.45) is 2.84. The van der Waals surface area contributed by atoms with Gasteiger partial charge in [-0.15, -0.1) is 24.0 Å². The maximum atomic E-state index is 5.94. The number of rotatable bonds is 7. The monoisotopic (exact) mass is 463 g/mol. The fourth-order valence-electron chi connectivity index (χ4n) is 2.79. The smallest absolute Gasteiger partial charge is 0.188 e. The van der Waals surface area contributed by atoms with Crippen molar-refractivity contribution < 1.29 is 9.47 Å². The minimum Gasteiger partial charge on any atom is -0.496 e. The van der Waals surface area contributed by atoms with Crippen LogP contribution in [-0.4, -0.2) is 62.3 Å². The third-order valence-electron chi connectivity index (χ3n) is 4.21. The molecule has 2 heterocycles. The van der Waals surface area contributed by atoms with Crippen LogP contribution >= 0.6 is 24.0 Å². The van der Waals surface area contributed by atoms with Crippen molar-refractivity contribution in [2.45, 2.75) is 26.8 Å². The van der Waals surface area contributed by atoms with Crippen LogP contribution in [0.15, 0.2) is 11.2 Å². The zero-order chi connectivity index (χ0) is 17.4. The van der Waals surface area contributed by atoms with Crippen LogP contribution < -0.4 is 15.8 Å². The highest BCUT2D eigenvalue weighted by Crippen LogP contribution is 2.24. The Morgan fingerprint density at radius 1 is 1.40 bits per heavy atom. The Morgan fingerprint density at radius 2 is 2.12 bits per heavy atom. The molecule has 1 aliphatic heterocycles. The number of guanidine groups is 1. The molecule has 1 aromatic heterocycles. The van der Waals surface area contributed by atoms with Crippen LogP contribution in [0.2, 0.25) is 0 Å². The average molecular weight is 463 g/mol. The second kappa shape index (κ2) is 11.5. The highest BCUT2D eigenvalue weighted by Gasteiger charge is 2.10. The number of ether oxygens (including phenoxy) is 2. The Balaban J connectivity index is 0.00000312. The number of aliphatic imine (C=N–C) groups is 1. The lowest BCUT2D eigenvalue weighted by Crippen LogP contribution is -2.39. The lowest BCUT2D eigenvalue weighted by Gasteiger charge is -2.26. The van der Waals surface area contributed by atoms with E-state index in [4.69, 9.17) is 15.2 Å². The molecule has 25 heavy (non-hydrogen) atoms. The number of aryl methyl sites for hydroxylation is 1. The molecule has 0 radical (unpaired) electrons. The molecular weight excluding hydrogens is 433 g/mol. The highest BCUT2D eigenvalue weighted by molar-refractivity contribution is 14.0. The zero-order valence-electron chi connectivity index (χ0n) is 15.4. The number of nitrogens with one attached hydrogen (secondary N) is 1. The van der Waals surface area contributed by atoms with Gasteiger partial charge in [-0.05, 0) is 26.8 Å². The summed E-state index contributed by atoms with van der Waals surface area (Å²) in [6, 6.07) is 0. The third-order valence-corrected chi connectivity index (χ3v) is 4.21. The maximum Gasteiger partial charge on any atom is 0.188 e. The van der Waals surface area contributed by atoms with E-state index < -0.39 is 0 Å². The van der Waals surface area contributed by atoms with Gasteiger partial charge in [-0.1, -0.05) is 0 Å². The van der Waals surface area contributed by atoms with E-state index >= 15 is 0 Å². The number of hydrogen-bond acceptors (Lipinski definition) is 5. The number of nitrogens with zero attached hydrogens (tertiary/aromatic N) is 3. The van der Waals surface area contributed by atoms with Gasteiger partial charge in [0.05, 0.1) is 32.6 Å². The van der Waals surface area contributed by atoms with Crippen LogP contribution in [0.25, 0.3) is 0 Å². The minimum atomic E-state index is 0. The summed E-state index contributed by atoms with van der Waals surface area (Å²) in [7, 11) is 1.67. The molecule has 1 aliphatic rings. The molecule has 0 unspecified atom stereocenters. The van der Waals surface area contributed by atoms with E-state index in [1.165, 1.54) is 0 Å². The van der Waals surface area contributed by atoms with Gasteiger partial charge >= 0.3 is 0 Å². The normalized spacial score (nSPS) is 15.6. The van der Waals surface area contributed by atoms with Crippen molar-refractivity contribution in [1.29, 1.82) is 0 Å². The third kappa shape index (κ3) is 6.95. The lowest BCUT2D eigenvalue weighted by molar-refractivity contribution is 0.0376. The molecule has 0 spiro atoms. The molecule has 0 amide bonds. The molecule has 3 N–H and O–H groups in total. The molecule has 0 bridgehead atoms. The first-order valence-corrected chi connectivity index (χ1v) is 8.44. The van der Waals surface area contributed by atoms with E-state index in [0.717, 1.165) is 68.4 Å². The molecule has 1 aromatic rings. The van der Waals surface area contributed by atoms with Crippen molar-refractivity contribution in [3.8, 4) is 5.75 Å². The van der Waals surface area contributed by atoms with Crippen LogP contribution in [0.1, 0.15) is 23.2 Å². The predicted octanol–water partition coefficient (Wildman–Crippen LogP) is 1.45. The van der Waals surface area contributed by atoms with E-state index in [9.17, 15) is 0 Å². The van der Waals surface area contributed by atoms with Gasteiger partial charge in [0.2, 0.25) is 0 Å². The topological polar surface area (TPSA) is 85.0 Å². The van der Waals surface area contributed by atoms with Crippen LogP contribution in [0.4, 0.5) is 0 Å². The van der Waals surface area contributed by atoms with Gasteiger partial charge in [-0.3, -0.25) is 9.88 Å². The average Bonchev–Trinajstić information content (AvgIpc) is 2.59. The second-order valence-corrected chi connectivity index (χ2v) is 5.98. The molecule has 8 heteroatoms. The van der Waals surface area contributed by atoms with Crippen molar-refractivity contribution in [3.05, 3.63) is 23.0 Å². The first-order chi connectivity index (χ1) is 11.6. The number of methoxy groups -OCH3 is 1. The first-order valence-electron chi connectivity index (χ1n) is 8.44. The molecule has 2 rings (SSSR count). The fraction of sp³-hybridized carbons (Fsp3) is 0.647. The van der Waals surface area contributed by atoms with E-state index in [0.29, 0.717) is 12.5 Å². The number of aromatic nitrogens is 1. The summed E-state index contributed by atoms with van der Waals surface area (Å²) < 4.78 is 10.8. The van der Waals surface area contributed by atoms with Crippen molar-refractivity contribution in [2.24, 2.45) is 10.7 Å². The highest BCUT2D eigenvalue weighted by atomic mass is 127. The number of nitrogens with two attached hydrogens (primary N) is 1. The van der Waals surface area contributed by atoms with Gasteiger partial charge in [-0.2, -0.15) is 0 Å². The molecule has 142 valence electrons. The summed E-state index contributed by atoms with van der Waals surface area (Å²) in [5, 5.41) is 3.16. The van der Waals surface area contributed by atoms with Crippen molar-refractivity contribution in [1.82, 2.24) is 15.2 Å². The van der Waals surface area contributed by atoms with Crippen molar-refractivity contribution in [2.75, 3.05) is 46.5 Å². The number of morpholine rings is 1. The van der Waals surface area contributed by atoms with E-state index in [2.05, 4.69) is 20.2 Å². The number of hydrogen-bond donors (Lipinski definition) is 2. The van der Waals surface area contributed by atoms with Crippen LogP contribution in [0.3, 0.4) is 0 Å². The van der Waals surface area contributed by atoms with Crippen LogP contribution in [0.5, 0.6) is 5.75 Å². The van der Waals surface area contributed by atoms with Gasteiger partial charge in [-0.25, -0.2) is 4.99 Å². The minimum absolute atomic E-state index is 0. The lowest BCUT2D eigenvalue weighted by atomic mass is 10.1. The van der Waals surface area contributed by atoms with Crippen LogP contribution in [-0.2, 0) is 11.3 Å². The Labute approximate surface area is 167 Å². The molecule has 1 saturated heterocycles. The molecule has 7 nitrogen and oxygen atoms in total. The second-order valence-electron chi connectivity index (χ2n) is 5.98. The quantitative estimate of drug-likeness (QED) is 0.276. The van der Waals surface area contributed by atoms with Crippen LogP contribution in [0, 0.1) is 13.8 Å². The summed E-state index contributed by atoms with van der Waals surface area (Å²) in [5.41, 5.74) is 8.86. The molecule has 0 saturated carbocycles. The Morgan fingerprint density at radius 3 is 2.80 bits per heavy atom. The molecule has 0 aromatic carbocycles. The summed E-state index contributed by atoms with van der Waals surface area (Å²) >= 11 is 0. The van der Waals surface area contributed by atoms with Gasteiger partial charge in [0.15, 0.2) is 5.96 Å². The van der Waals surface area contributed by atoms with Crippen molar-refractivity contribution >= 4 is 29.9 Å². The zero-order valence-corrected chi connectivity index (χ0v) is 17.7. The summed E-state index contributed by atoms with van der Waals surface area (Å²) in [6.45, 7) is 10.0. The SMILES string of the molecule is COc1c(C)cnc(CN=C(N)NCCCN2CCOCC2)c1C.I. The van der Waals surface area contributed by atoms with E-state index in [-0.39, 0.29) is 24.0 Å². The predicted molar refractivity (Wildman–Crippen MR) is 111 cm³/mol. The fourth-order valence-corrected chi connectivity index (χ4v) is 2.79. The standard InChI is InChI=1S/C17H29N5O2.HI/c1-13-11-20-15(14(2)16(13)23-3)12-21-17(18)19-5-4-6-22-7-9-24-10-8-22;/h11H,4-10,12H2,1-3H3,(H3,18,19,21);1H. The van der Waals surface area contributed by atoms with E-state index in [1.807, 2.05) is 20.0 Å². The molecule has 0 atom stereocenters. The van der Waals surface area contributed by atoms with Gasteiger partial charge in [0, 0.05) is 37.0 Å². The maximum absolute atomic E-state index is 5.94. The molecular formula is C17H30IN5O2. The Kier molecular flexibility index (Phi) is 10.1. The largest absolute Gasteiger partial charge is 0.496 e. The van der Waals surface area contributed by atoms with Gasteiger partial charge in [0.1, 0.15) is 5.75 Å². The Bertz CT molecular complexity index is 562. The van der Waals surface area contributed by atoms with Crippen molar-refractivity contribution in [3.63, 3.8) is 0 Å². The van der Waals surface area contributed by atoms with Gasteiger partial charge < -0.3 is 20.5 Å².